The summed E-state index contributed by atoms with van der Waals surface area (Å²) in [5.41, 5.74) is 4.45. The van der Waals surface area contributed by atoms with Crippen molar-refractivity contribution < 1.29 is 14.3 Å². The number of aryl methyl sites for hydroxylation is 2. The van der Waals surface area contributed by atoms with Gasteiger partial charge in [-0.05, 0) is 48.4 Å². The molecule has 0 N–H and O–H groups in total. The van der Waals surface area contributed by atoms with E-state index in [9.17, 15) is 9.59 Å². The topological polar surface area (TPSA) is 56.3 Å². The van der Waals surface area contributed by atoms with E-state index < -0.39 is 11.8 Å². The zero-order chi connectivity index (χ0) is 18.2. The van der Waals surface area contributed by atoms with Gasteiger partial charge < -0.3 is 4.74 Å². The number of hydrogen-bond donors (Lipinski definition) is 0. The van der Waals surface area contributed by atoms with E-state index in [1.165, 1.54) is 11.1 Å². The first-order valence-corrected chi connectivity index (χ1v) is 8.72. The zero-order valence-electron chi connectivity index (χ0n) is 15.1. The van der Waals surface area contributed by atoms with Gasteiger partial charge in [-0.25, -0.2) is 4.79 Å². The van der Waals surface area contributed by atoms with Gasteiger partial charge in [0, 0.05) is 11.9 Å². The van der Waals surface area contributed by atoms with Crippen LogP contribution in [0.1, 0.15) is 49.1 Å². The number of carbonyl (C=O) groups excluding carboxylic acids is 2. The highest BCUT2D eigenvalue weighted by atomic mass is 16.5. The summed E-state index contributed by atoms with van der Waals surface area (Å²) < 4.78 is 4.70. The minimum atomic E-state index is -0.793. The van der Waals surface area contributed by atoms with Gasteiger partial charge in [-0.3, -0.25) is 9.78 Å². The van der Waals surface area contributed by atoms with Gasteiger partial charge in [0.15, 0.2) is 0 Å². The number of ether oxygens (including phenoxy) is 1. The van der Waals surface area contributed by atoms with Gasteiger partial charge in [-0.15, -0.1) is 0 Å². The highest BCUT2D eigenvalue weighted by Crippen LogP contribution is 2.20. The van der Waals surface area contributed by atoms with Crippen LogP contribution in [-0.2, 0) is 33.6 Å². The normalized spacial score (nSPS) is 10.7. The van der Waals surface area contributed by atoms with Crippen LogP contribution >= 0.6 is 0 Å². The fourth-order valence-electron chi connectivity index (χ4n) is 2.76. The molecule has 0 radical (unpaired) electrons. The Morgan fingerprint density at radius 1 is 1.08 bits per heavy atom. The predicted octanol–water partition coefficient (Wildman–Crippen LogP) is 3.66. The van der Waals surface area contributed by atoms with Gasteiger partial charge in [-0.1, -0.05) is 44.2 Å². The van der Waals surface area contributed by atoms with Gasteiger partial charge in [-0.2, -0.15) is 0 Å². The lowest BCUT2D eigenvalue weighted by atomic mass is 9.93. The standard InChI is InChI=1S/C21H25NO3/c1-4-25-21(24)20(23)13-18-12-10-16(14-22-18)9-11-17-7-5-6-8-19(17)15(2)3/h5-8,10,12,14-15H,4,9,11,13H2,1-3H3. The molecule has 132 valence electrons. The summed E-state index contributed by atoms with van der Waals surface area (Å²) in [7, 11) is 0. The second kappa shape index (κ2) is 9.11. The van der Waals surface area contributed by atoms with E-state index in [2.05, 4.69) is 43.1 Å². The fourth-order valence-corrected chi connectivity index (χ4v) is 2.76. The number of benzene rings is 1. The second-order valence-corrected chi connectivity index (χ2v) is 6.33. The van der Waals surface area contributed by atoms with Crippen molar-refractivity contribution in [3.8, 4) is 0 Å². The molecule has 1 heterocycles. The summed E-state index contributed by atoms with van der Waals surface area (Å²) in [5, 5.41) is 0. The third kappa shape index (κ3) is 5.52. The van der Waals surface area contributed by atoms with Crippen LogP contribution in [-0.4, -0.2) is 23.3 Å². The first-order chi connectivity index (χ1) is 12.0. The second-order valence-electron chi connectivity index (χ2n) is 6.33. The Bertz CT molecular complexity index is 720. The minimum absolute atomic E-state index is 0.0186. The molecule has 0 saturated carbocycles. The van der Waals surface area contributed by atoms with Crippen LogP contribution in [0.3, 0.4) is 0 Å². The Labute approximate surface area is 149 Å². The van der Waals surface area contributed by atoms with Crippen LogP contribution in [0, 0.1) is 0 Å². The fraction of sp³-hybridized carbons (Fsp3) is 0.381. The number of rotatable bonds is 8. The number of ketones is 1. The number of Topliss-reactive ketones (excluding diaryl/α,β-unsaturated/α-hetero) is 1. The number of carbonyl (C=O) groups is 2. The van der Waals surface area contributed by atoms with Gasteiger partial charge in [0.25, 0.3) is 0 Å². The summed E-state index contributed by atoms with van der Waals surface area (Å²) >= 11 is 0. The molecule has 2 rings (SSSR count). The van der Waals surface area contributed by atoms with Crippen LogP contribution in [0.15, 0.2) is 42.6 Å². The molecule has 0 aliphatic rings. The van der Waals surface area contributed by atoms with E-state index in [1.54, 1.807) is 19.2 Å². The molecule has 0 fully saturated rings. The molecule has 0 bridgehead atoms. The molecular weight excluding hydrogens is 314 g/mol. The van der Waals surface area contributed by atoms with Crippen molar-refractivity contribution in [1.82, 2.24) is 4.98 Å². The average Bonchev–Trinajstić information content (AvgIpc) is 2.61. The van der Waals surface area contributed by atoms with E-state index in [4.69, 9.17) is 4.74 Å². The lowest BCUT2D eigenvalue weighted by molar-refractivity contribution is -0.153. The Balaban J connectivity index is 1.95. The van der Waals surface area contributed by atoms with Crippen LogP contribution in [0.4, 0.5) is 0 Å². The quantitative estimate of drug-likeness (QED) is 0.544. The van der Waals surface area contributed by atoms with Crippen molar-refractivity contribution in [2.24, 2.45) is 0 Å². The molecule has 0 unspecified atom stereocenters. The van der Waals surface area contributed by atoms with Gasteiger partial charge in [0.1, 0.15) is 0 Å². The van der Waals surface area contributed by atoms with E-state index in [0.29, 0.717) is 11.6 Å². The number of esters is 1. The molecule has 0 amide bonds. The maximum absolute atomic E-state index is 11.7. The molecule has 25 heavy (non-hydrogen) atoms. The number of nitrogens with zero attached hydrogens (tertiary/aromatic N) is 1. The van der Waals surface area contributed by atoms with E-state index in [-0.39, 0.29) is 13.0 Å². The molecule has 0 saturated heterocycles. The number of hydrogen-bond acceptors (Lipinski definition) is 4. The molecule has 0 atom stereocenters. The number of aromatic nitrogens is 1. The highest BCUT2D eigenvalue weighted by Gasteiger charge is 2.15. The van der Waals surface area contributed by atoms with E-state index >= 15 is 0 Å². The smallest absolute Gasteiger partial charge is 0.375 e. The lowest BCUT2D eigenvalue weighted by Gasteiger charge is -2.12. The van der Waals surface area contributed by atoms with Gasteiger partial charge in [0.2, 0.25) is 5.78 Å². The third-order valence-corrected chi connectivity index (χ3v) is 4.09. The van der Waals surface area contributed by atoms with Crippen molar-refractivity contribution >= 4 is 11.8 Å². The largest absolute Gasteiger partial charge is 0.460 e. The SMILES string of the molecule is CCOC(=O)C(=O)Cc1ccc(CCc2ccccc2C(C)C)cn1. The highest BCUT2D eigenvalue weighted by molar-refractivity contribution is 6.34. The van der Waals surface area contributed by atoms with Crippen molar-refractivity contribution in [2.75, 3.05) is 6.61 Å². The zero-order valence-corrected chi connectivity index (χ0v) is 15.1. The van der Waals surface area contributed by atoms with E-state index in [0.717, 1.165) is 18.4 Å². The molecule has 4 nitrogen and oxygen atoms in total. The Hall–Kier alpha value is -2.49. The van der Waals surface area contributed by atoms with Crippen LogP contribution < -0.4 is 0 Å². The van der Waals surface area contributed by atoms with E-state index in [1.807, 2.05) is 6.07 Å². The Morgan fingerprint density at radius 2 is 1.84 bits per heavy atom. The Kier molecular flexibility index (Phi) is 6.87. The molecular formula is C21H25NO3. The number of pyridine rings is 1. The van der Waals surface area contributed by atoms with Gasteiger partial charge >= 0.3 is 5.97 Å². The minimum Gasteiger partial charge on any atom is -0.460 e. The van der Waals surface area contributed by atoms with Crippen LogP contribution in [0.5, 0.6) is 0 Å². The summed E-state index contributed by atoms with van der Waals surface area (Å²) in [4.78, 5) is 27.3. The molecule has 0 spiro atoms. The molecule has 1 aromatic heterocycles. The van der Waals surface area contributed by atoms with Gasteiger partial charge in [0.05, 0.1) is 13.0 Å². The van der Waals surface area contributed by atoms with Crippen LogP contribution in [0.25, 0.3) is 0 Å². The summed E-state index contributed by atoms with van der Waals surface area (Å²) in [6, 6.07) is 12.3. The summed E-state index contributed by atoms with van der Waals surface area (Å²) in [6.07, 6.45) is 3.61. The van der Waals surface area contributed by atoms with Crippen LogP contribution in [0.2, 0.25) is 0 Å². The molecule has 0 aliphatic heterocycles. The van der Waals surface area contributed by atoms with Crippen molar-refractivity contribution in [3.05, 3.63) is 65.0 Å². The molecule has 2 aromatic rings. The lowest BCUT2D eigenvalue weighted by Crippen LogP contribution is -2.19. The average molecular weight is 339 g/mol. The summed E-state index contributed by atoms with van der Waals surface area (Å²) in [5.74, 6) is -0.850. The summed E-state index contributed by atoms with van der Waals surface area (Å²) in [6.45, 7) is 6.29. The first-order valence-electron chi connectivity index (χ1n) is 8.72. The maximum atomic E-state index is 11.7. The van der Waals surface area contributed by atoms with Crippen molar-refractivity contribution in [3.63, 3.8) is 0 Å². The Morgan fingerprint density at radius 3 is 2.48 bits per heavy atom. The van der Waals surface area contributed by atoms with Crippen molar-refractivity contribution in [1.29, 1.82) is 0 Å². The first kappa shape index (κ1) is 18.8. The molecule has 4 heteroatoms. The monoisotopic (exact) mass is 339 g/mol. The predicted molar refractivity (Wildman–Crippen MR) is 97.5 cm³/mol. The van der Waals surface area contributed by atoms with Crippen molar-refractivity contribution in [2.45, 2.75) is 46.0 Å². The maximum Gasteiger partial charge on any atom is 0.375 e. The third-order valence-electron chi connectivity index (χ3n) is 4.09. The molecule has 1 aromatic carbocycles. The molecule has 0 aliphatic carbocycles.